The Hall–Kier alpha value is -1.30. The molecule has 0 bridgehead atoms. The number of nitrogens with zero attached hydrogens (tertiary/aromatic N) is 2. The lowest BCUT2D eigenvalue weighted by Crippen LogP contribution is -2.57. The molecule has 1 heterocycles. The monoisotopic (exact) mass is 323 g/mol. The molecule has 0 spiro atoms. The maximum Gasteiger partial charge on any atom is 0.317 e. The third-order valence-electron chi connectivity index (χ3n) is 5.74. The first kappa shape index (κ1) is 16.6. The van der Waals surface area contributed by atoms with E-state index in [9.17, 15) is 9.59 Å². The number of hydrogen-bond acceptors (Lipinski definition) is 3. The molecule has 3 rings (SSSR count). The number of likely N-dealkylation sites (tertiary alicyclic amines) is 1. The smallest absolute Gasteiger partial charge is 0.317 e. The lowest BCUT2D eigenvalue weighted by atomic mass is 9.85. The van der Waals surface area contributed by atoms with E-state index in [0.717, 1.165) is 50.7 Å². The molecular weight excluding hydrogens is 294 g/mol. The van der Waals surface area contributed by atoms with E-state index in [0.29, 0.717) is 6.04 Å². The zero-order chi connectivity index (χ0) is 16.4. The second-order valence-electron chi connectivity index (χ2n) is 7.41. The van der Waals surface area contributed by atoms with Crippen molar-refractivity contribution in [2.75, 3.05) is 26.2 Å². The summed E-state index contributed by atoms with van der Waals surface area (Å²) in [7, 11) is 0. The van der Waals surface area contributed by atoms with Crippen LogP contribution in [0.15, 0.2) is 0 Å². The van der Waals surface area contributed by atoms with Gasteiger partial charge in [-0.1, -0.05) is 6.92 Å². The van der Waals surface area contributed by atoms with Crippen LogP contribution >= 0.6 is 0 Å². The van der Waals surface area contributed by atoms with Crippen LogP contribution in [-0.4, -0.2) is 65.2 Å². The Bertz CT molecular complexity index is 446. The summed E-state index contributed by atoms with van der Waals surface area (Å²) in [5, 5.41) is 12.1. The van der Waals surface area contributed by atoms with Crippen molar-refractivity contribution in [3.8, 4) is 0 Å². The number of carboxylic acids is 1. The molecule has 1 aliphatic heterocycles. The number of aliphatic carboxylic acids is 1. The van der Waals surface area contributed by atoms with Gasteiger partial charge >= 0.3 is 12.0 Å². The molecule has 3 aliphatic rings. The molecule has 2 N–H and O–H groups in total. The van der Waals surface area contributed by atoms with Gasteiger partial charge in [0.15, 0.2) is 0 Å². The first-order chi connectivity index (χ1) is 11.1. The molecule has 0 aromatic rings. The fourth-order valence-corrected chi connectivity index (χ4v) is 4.09. The minimum atomic E-state index is -0.779. The van der Waals surface area contributed by atoms with Crippen molar-refractivity contribution in [2.24, 2.45) is 11.8 Å². The highest BCUT2D eigenvalue weighted by Gasteiger charge is 2.38. The average Bonchev–Trinajstić information content (AvgIpc) is 3.33. The minimum Gasteiger partial charge on any atom is -0.480 e. The summed E-state index contributed by atoms with van der Waals surface area (Å²) in [6, 6.07) is 0.582. The second kappa shape index (κ2) is 7.07. The van der Waals surface area contributed by atoms with E-state index in [1.54, 1.807) is 0 Å². The molecule has 2 amide bonds. The van der Waals surface area contributed by atoms with Crippen molar-refractivity contribution < 1.29 is 14.7 Å². The Morgan fingerprint density at radius 3 is 2.57 bits per heavy atom. The highest BCUT2D eigenvalue weighted by atomic mass is 16.4. The van der Waals surface area contributed by atoms with Crippen LogP contribution in [0.25, 0.3) is 0 Å². The number of carbonyl (C=O) groups is 2. The number of amides is 2. The van der Waals surface area contributed by atoms with E-state index < -0.39 is 5.97 Å². The van der Waals surface area contributed by atoms with Gasteiger partial charge < -0.3 is 15.3 Å². The Kier molecular flexibility index (Phi) is 5.09. The van der Waals surface area contributed by atoms with Gasteiger partial charge in [0.2, 0.25) is 0 Å². The van der Waals surface area contributed by atoms with Crippen LogP contribution in [-0.2, 0) is 4.79 Å². The molecule has 23 heavy (non-hydrogen) atoms. The number of hydrogen-bond donors (Lipinski definition) is 2. The molecular formula is C17H29N3O3. The third kappa shape index (κ3) is 4.16. The first-order valence-corrected chi connectivity index (χ1v) is 9.08. The summed E-state index contributed by atoms with van der Waals surface area (Å²) in [5.74, 6) is 0.807. The van der Waals surface area contributed by atoms with Crippen LogP contribution < -0.4 is 5.32 Å². The van der Waals surface area contributed by atoms with Crippen molar-refractivity contribution >= 4 is 12.0 Å². The number of carboxylic acid groups (broad SMARTS) is 1. The molecule has 2 saturated carbocycles. The summed E-state index contributed by atoms with van der Waals surface area (Å²) in [5.41, 5.74) is 0. The van der Waals surface area contributed by atoms with Crippen molar-refractivity contribution in [3.63, 3.8) is 0 Å². The summed E-state index contributed by atoms with van der Waals surface area (Å²) in [6.07, 6.45) is 6.84. The van der Waals surface area contributed by atoms with Crippen LogP contribution in [0.2, 0.25) is 0 Å². The Morgan fingerprint density at radius 2 is 1.96 bits per heavy atom. The van der Waals surface area contributed by atoms with Crippen molar-refractivity contribution in [1.82, 2.24) is 15.1 Å². The predicted octanol–water partition coefficient (Wildman–Crippen LogP) is 1.76. The quantitative estimate of drug-likeness (QED) is 0.781. The van der Waals surface area contributed by atoms with Gasteiger partial charge in [-0.25, -0.2) is 4.79 Å². The minimum absolute atomic E-state index is 0.0834. The van der Waals surface area contributed by atoms with E-state index in [1.165, 1.54) is 19.3 Å². The highest BCUT2D eigenvalue weighted by Crippen LogP contribution is 2.41. The maximum absolute atomic E-state index is 12.4. The maximum atomic E-state index is 12.4. The highest BCUT2D eigenvalue weighted by molar-refractivity contribution is 5.74. The van der Waals surface area contributed by atoms with E-state index in [4.69, 9.17) is 5.11 Å². The SMILES string of the molecule is CCN(CC(=O)O)C1CC(NC(=O)N2CCCC(C3CC3)C2)C1. The standard InChI is InChI=1S/C17H29N3O3/c1-2-19(11-16(21)22)15-8-14(9-15)18-17(23)20-7-3-4-13(10-20)12-5-6-12/h12-15H,2-11H2,1H3,(H,18,23)(H,21,22). The molecule has 130 valence electrons. The molecule has 2 aliphatic carbocycles. The largest absolute Gasteiger partial charge is 0.480 e. The van der Waals surface area contributed by atoms with Gasteiger partial charge in [-0.05, 0) is 56.9 Å². The zero-order valence-electron chi connectivity index (χ0n) is 14.0. The van der Waals surface area contributed by atoms with Crippen LogP contribution in [0, 0.1) is 11.8 Å². The molecule has 1 saturated heterocycles. The predicted molar refractivity (Wildman–Crippen MR) is 87.2 cm³/mol. The fraction of sp³-hybridized carbons (Fsp3) is 0.882. The second-order valence-corrected chi connectivity index (χ2v) is 7.41. The Labute approximate surface area is 138 Å². The first-order valence-electron chi connectivity index (χ1n) is 9.08. The normalized spacial score (nSPS) is 30.9. The number of piperidine rings is 1. The van der Waals surface area contributed by atoms with Gasteiger partial charge in [0.1, 0.15) is 0 Å². The lowest BCUT2D eigenvalue weighted by molar-refractivity contribution is -0.139. The summed E-state index contributed by atoms with van der Waals surface area (Å²) in [4.78, 5) is 27.2. The number of likely N-dealkylation sites (N-methyl/N-ethyl adjacent to an activating group) is 1. The summed E-state index contributed by atoms with van der Waals surface area (Å²) < 4.78 is 0. The average molecular weight is 323 g/mol. The number of carbonyl (C=O) groups excluding carboxylic acids is 1. The Morgan fingerprint density at radius 1 is 1.22 bits per heavy atom. The number of rotatable bonds is 6. The van der Waals surface area contributed by atoms with E-state index >= 15 is 0 Å². The van der Waals surface area contributed by atoms with Gasteiger partial charge in [0.05, 0.1) is 6.54 Å². The molecule has 1 unspecified atom stereocenters. The van der Waals surface area contributed by atoms with Gasteiger partial charge in [-0.15, -0.1) is 0 Å². The molecule has 6 heteroatoms. The Balaban J connectivity index is 1.40. The van der Waals surface area contributed by atoms with Gasteiger partial charge in [-0.2, -0.15) is 0 Å². The number of urea groups is 1. The topological polar surface area (TPSA) is 72.9 Å². The van der Waals surface area contributed by atoms with Crippen LogP contribution in [0.4, 0.5) is 4.79 Å². The van der Waals surface area contributed by atoms with Crippen LogP contribution in [0.5, 0.6) is 0 Å². The third-order valence-corrected chi connectivity index (χ3v) is 5.74. The van der Waals surface area contributed by atoms with Gasteiger partial charge in [0, 0.05) is 25.2 Å². The molecule has 3 fully saturated rings. The lowest BCUT2D eigenvalue weighted by Gasteiger charge is -2.43. The zero-order valence-corrected chi connectivity index (χ0v) is 14.0. The van der Waals surface area contributed by atoms with Gasteiger partial charge in [0.25, 0.3) is 0 Å². The number of nitrogens with one attached hydrogen (secondary N) is 1. The van der Waals surface area contributed by atoms with E-state index in [-0.39, 0.29) is 18.6 Å². The van der Waals surface area contributed by atoms with E-state index in [2.05, 4.69) is 5.32 Å². The van der Waals surface area contributed by atoms with Crippen LogP contribution in [0.3, 0.4) is 0 Å². The molecule has 1 atom stereocenters. The molecule has 0 radical (unpaired) electrons. The van der Waals surface area contributed by atoms with Crippen molar-refractivity contribution in [3.05, 3.63) is 0 Å². The molecule has 0 aromatic carbocycles. The molecule has 0 aromatic heterocycles. The van der Waals surface area contributed by atoms with Crippen molar-refractivity contribution in [1.29, 1.82) is 0 Å². The van der Waals surface area contributed by atoms with Gasteiger partial charge in [-0.3, -0.25) is 9.69 Å². The van der Waals surface area contributed by atoms with Crippen LogP contribution in [0.1, 0.15) is 45.4 Å². The summed E-state index contributed by atoms with van der Waals surface area (Å²) in [6.45, 7) is 4.63. The molecule has 6 nitrogen and oxygen atoms in total. The summed E-state index contributed by atoms with van der Waals surface area (Å²) >= 11 is 0. The van der Waals surface area contributed by atoms with E-state index in [1.807, 2.05) is 16.7 Å². The fourth-order valence-electron chi connectivity index (χ4n) is 4.09. The van der Waals surface area contributed by atoms with Crippen molar-refractivity contribution in [2.45, 2.75) is 57.5 Å².